The highest BCUT2D eigenvalue weighted by Gasteiger charge is 2.34. The molecule has 1 N–H and O–H groups in total. The lowest BCUT2D eigenvalue weighted by molar-refractivity contribution is 0.516. The maximum atomic E-state index is 5.04. The molecule has 0 radical (unpaired) electrons. The van der Waals surface area contributed by atoms with Crippen LogP contribution in [0.15, 0.2) is 0 Å². The Balaban J connectivity index is 2.23. The van der Waals surface area contributed by atoms with Crippen molar-refractivity contribution in [2.24, 2.45) is 0 Å². The molecule has 1 aromatic heterocycles. The van der Waals surface area contributed by atoms with Gasteiger partial charge < -0.3 is 10.2 Å². The molecule has 1 aliphatic heterocycles. The first-order valence-corrected chi connectivity index (χ1v) is 9.29. The molecule has 0 amide bonds. The number of nitrogens with zero attached hydrogens (tertiary/aromatic N) is 2. The normalized spacial score (nSPS) is 19.2. The summed E-state index contributed by atoms with van der Waals surface area (Å²) < 4.78 is 0. The molecule has 3 nitrogen and oxygen atoms in total. The van der Waals surface area contributed by atoms with E-state index < -0.39 is 0 Å². The molecule has 2 rings (SSSR count). The molecule has 1 aromatic rings. The maximum Gasteiger partial charge on any atom is 0.186 e. The summed E-state index contributed by atoms with van der Waals surface area (Å²) in [6.45, 7) is 14.7. The van der Waals surface area contributed by atoms with Gasteiger partial charge in [-0.05, 0) is 52.0 Å². The molecule has 0 bridgehead atoms. The number of thiazole rings is 1. The highest BCUT2D eigenvalue weighted by Crippen LogP contribution is 2.39. The van der Waals surface area contributed by atoms with Crippen molar-refractivity contribution in [2.75, 3.05) is 18.0 Å². The van der Waals surface area contributed by atoms with E-state index in [0.29, 0.717) is 5.92 Å². The molecule has 1 atom stereocenters. The molecule has 0 saturated carbocycles. The summed E-state index contributed by atoms with van der Waals surface area (Å²) in [6.07, 6.45) is 4.90. The van der Waals surface area contributed by atoms with E-state index in [1.807, 2.05) is 11.3 Å². The van der Waals surface area contributed by atoms with Gasteiger partial charge in [0.1, 0.15) is 0 Å². The first kappa shape index (κ1) is 16.8. The Bertz CT molecular complexity index is 453. The van der Waals surface area contributed by atoms with Gasteiger partial charge in [-0.25, -0.2) is 4.98 Å². The van der Waals surface area contributed by atoms with E-state index in [1.165, 1.54) is 35.0 Å². The van der Waals surface area contributed by atoms with Crippen LogP contribution in [0.5, 0.6) is 0 Å². The summed E-state index contributed by atoms with van der Waals surface area (Å²) in [5, 5.41) is 4.78. The molecule has 0 aromatic carbocycles. The Morgan fingerprint density at radius 2 is 2.14 bits per heavy atom. The summed E-state index contributed by atoms with van der Waals surface area (Å²) >= 11 is 1.91. The lowest BCUT2D eigenvalue weighted by atomic mass is 10.0. The van der Waals surface area contributed by atoms with Crippen LogP contribution in [0.3, 0.4) is 0 Å². The molecule has 0 aliphatic carbocycles. The van der Waals surface area contributed by atoms with Crippen molar-refractivity contribution in [1.82, 2.24) is 10.3 Å². The molecule has 2 heterocycles. The Labute approximate surface area is 134 Å². The number of nitrogens with one attached hydrogen (secondary N) is 1. The first-order chi connectivity index (χ1) is 9.99. The summed E-state index contributed by atoms with van der Waals surface area (Å²) in [7, 11) is 0. The van der Waals surface area contributed by atoms with Crippen LogP contribution < -0.4 is 10.2 Å². The van der Waals surface area contributed by atoms with Gasteiger partial charge in [0.15, 0.2) is 5.13 Å². The zero-order chi connectivity index (χ0) is 15.5. The Morgan fingerprint density at radius 1 is 1.38 bits per heavy atom. The highest BCUT2D eigenvalue weighted by molar-refractivity contribution is 7.15. The Kier molecular flexibility index (Phi) is 5.67. The van der Waals surface area contributed by atoms with Crippen molar-refractivity contribution >= 4 is 16.5 Å². The summed E-state index contributed by atoms with van der Waals surface area (Å²) in [6, 6.07) is 0. The quantitative estimate of drug-likeness (QED) is 0.750. The molecular formula is C17H31N3S. The Morgan fingerprint density at radius 3 is 2.71 bits per heavy atom. The fourth-order valence-corrected chi connectivity index (χ4v) is 4.35. The lowest BCUT2D eigenvalue weighted by Crippen LogP contribution is -2.38. The van der Waals surface area contributed by atoms with E-state index in [2.05, 4.69) is 44.8 Å². The van der Waals surface area contributed by atoms with Gasteiger partial charge >= 0.3 is 0 Å². The molecule has 21 heavy (non-hydrogen) atoms. The largest absolute Gasteiger partial charge is 0.343 e. The van der Waals surface area contributed by atoms with E-state index in [4.69, 9.17) is 4.98 Å². The van der Waals surface area contributed by atoms with Crippen LogP contribution in [-0.4, -0.2) is 23.6 Å². The smallest absolute Gasteiger partial charge is 0.186 e. The zero-order valence-corrected chi connectivity index (χ0v) is 15.1. The monoisotopic (exact) mass is 309 g/mol. The lowest BCUT2D eigenvalue weighted by Gasteiger charge is -2.31. The van der Waals surface area contributed by atoms with E-state index in [9.17, 15) is 0 Å². The summed E-state index contributed by atoms with van der Waals surface area (Å²) in [5.41, 5.74) is 1.59. The van der Waals surface area contributed by atoms with Crippen molar-refractivity contribution in [1.29, 1.82) is 0 Å². The summed E-state index contributed by atoms with van der Waals surface area (Å²) in [5.74, 6) is 0.555. The summed E-state index contributed by atoms with van der Waals surface area (Å²) in [4.78, 5) is 9.00. The third-order valence-electron chi connectivity index (χ3n) is 4.64. The van der Waals surface area contributed by atoms with Crippen LogP contribution >= 0.6 is 11.3 Å². The van der Waals surface area contributed by atoms with Crippen LogP contribution in [0.2, 0.25) is 0 Å². The highest BCUT2D eigenvalue weighted by atomic mass is 32.1. The molecule has 1 aliphatic rings. The fraction of sp³-hybridized carbons (Fsp3) is 0.824. The number of anilines is 1. The van der Waals surface area contributed by atoms with Crippen molar-refractivity contribution in [3.8, 4) is 0 Å². The number of rotatable bonds is 7. The van der Waals surface area contributed by atoms with Crippen molar-refractivity contribution in [3.63, 3.8) is 0 Å². The molecule has 1 saturated heterocycles. The molecule has 1 fully saturated rings. The van der Waals surface area contributed by atoms with Gasteiger partial charge in [-0.3, -0.25) is 0 Å². The number of hydrogen-bond acceptors (Lipinski definition) is 4. The predicted octanol–water partition coefficient (Wildman–Crippen LogP) is 4.54. The second kappa shape index (κ2) is 7.10. The third-order valence-corrected chi connectivity index (χ3v) is 5.73. The second-order valence-corrected chi connectivity index (χ2v) is 7.92. The van der Waals surface area contributed by atoms with Gasteiger partial charge in [0.05, 0.1) is 5.69 Å². The van der Waals surface area contributed by atoms with Crippen molar-refractivity contribution in [2.45, 2.75) is 78.3 Å². The van der Waals surface area contributed by atoms with Crippen LogP contribution in [0.1, 0.15) is 76.8 Å². The molecule has 0 spiro atoms. The first-order valence-electron chi connectivity index (χ1n) is 8.47. The minimum absolute atomic E-state index is 0.263. The van der Waals surface area contributed by atoms with E-state index in [0.717, 1.165) is 26.1 Å². The molecule has 120 valence electrons. The average Bonchev–Trinajstić information content (AvgIpc) is 3.01. The molecule has 4 heteroatoms. The standard InChI is InChI=1S/C17H31N3S/c1-6-10-18-12-14-15(13(3)7-2)19-16(21-14)20-11-8-9-17(20,4)5/h13,18H,6-12H2,1-5H3. The van der Waals surface area contributed by atoms with Crippen LogP contribution in [0.25, 0.3) is 0 Å². The Hall–Kier alpha value is -0.610. The van der Waals surface area contributed by atoms with Gasteiger partial charge in [-0.1, -0.05) is 20.8 Å². The SMILES string of the molecule is CCCNCc1sc(N2CCCC2(C)C)nc1C(C)CC. The third kappa shape index (κ3) is 3.78. The van der Waals surface area contributed by atoms with E-state index in [-0.39, 0.29) is 5.54 Å². The van der Waals surface area contributed by atoms with Gasteiger partial charge in [0, 0.05) is 23.5 Å². The number of aromatic nitrogens is 1. The minimum Gasteiger partial charge on any atom is -0.343 e. The average molecular weight is 310 g/mol. The van der Waals surface area contributed by atoms with Crippen molar-refractivity contribution < 1.29 is 0 Å². The van der Waals surface area contributed by atoms with Crippen LogP contribution in [0, 0.1) is 0 Å². The van der Waals surface area contributed by atoms with Crippen molar-refractivity contribution in [3.05, 3.63) is 10.6 Å². The van der Waals surface area contributed by atoms with Gasteiger partial charge in [-0.15, -0.1) is 11.3 Å². The second-order valence-electron chi connectivity index (χ2n) is 6.86. The van der Waals surface area contributed by atoms with Gasteiger partial charge in [-0.2, -0.15) is 0 Å². The fourth-order valence-electron chi connectivity index (χ4n) is 3.01. The van der Waals surface area contributed by atoms with Gasteiger partial charge in [0.25, 0.3) is 0 Å². The van der Waals surface area contributed by atoms with E-state index >= 15 is 0 Å². The van der Waals surface area contributed by atoms with Crippen LogP contribution in [-0.2, 0) is 6.54 Å². The van der Waals surface area contributed by atoms with E-state index in [1.54, 1.807) is 0 Å². The minimum atomic E-state index is 0.263. The topological polar surface area (TPSA) is 28.2 Å². The predicted molar refractivity (Wildman–Crippen MR) is 93.5 cm³/mol. The van der Waals surface area contributed by atoms with Crippen LogP contribution in [0.4, 0.5) is 5.13 Å². The number of hydrogen-bond donors (Lipinski definition) is 1. The maximum absolute atomic E-state index is 5.04. The molecule has 1 unspecified atom stereocenters. The molecular weight excluding hydrogens is 278 g/mol. The van der Waals surface area contributed by atoms with Gasteiger partial charge in [0.2, 0.25) is 0 Å². The zero-order valence-electron chi connectivity index (χ0n) is 14.3.